The third-order valence-electron chi connectivity index (χ3n) is 5.87. The standard InChI is InChI=1S/C23H23N3O4S/c27-23(22-18-4-1-2-6-20(18)25-21-7-3-5-19(21)22)24-16-8-10-17(11-9-16)31(28,29)26-12-14-30-15-13-26/h1-2,4,6,8-11H,3,5,7,12-15H2,(H,24,27). The van der Waals surface area contributed by atoms with Crippen LogP contribution in [0.15, 0.2) is 53.4 Å². The summed E-state index contributed by atoms with van der Waals surface area (Å²) in [4.78, 5) is 18.2. The Labute approximate surface area is 181 Å². The van der Waals surface area contributed by atoms with E-state index in [0.717, 1.165) is 41.4 Å². The number of hydrogen-bond donors (Lipinski definition) is 1. The Balaban J connectivity index is 1.42. The summed E-state index contributed by atoms with van der Waals surface area (Å²) in [5.74, 6) is -0.194. The molecule has 3 aromatic rings. The third-order valence-corrected chi connectivity index (χ3v) is 7.78. The first-order valence-electron chi connectivity index (χ1n) is 10.4. The maximum atomic E-state index is 13.2. The van der Waals surface area contributed by atoms with Crippen LogP contribution in [0.3, 0.4) is 0 Å². The first-order valence-corrected chi connectivity index (χ1v) is 11.9. The predicted molar refractivity (Wildman–Crippen MR) is 118 cm³/mol. The minimum Gasteiger partial charge on any atom is -0.379 e. The summed E-state index contributed by atoms with van der Waals surface area (Å²) in [5.41, 5.74) is 4.06. The van der Waals surface area contributed by atoms with Crippen LogP contribution >= 0.6 is 0 Å². The zero-order valence-corrected chi connectivity index (χ0v) is 17.8. The maximum absolute atomic E-state index is 13.2. The molecule has 8 heteroatoms. The minimum absolute atomic E-state index is 0.194. The van der Waals surface area contributed by atoms with Crippen molar-refractivity contribution in [1.29, 1.82) is 0 Å². The van der Waals surface area contributed by atoms with E-state index >= 15 is 0 Å². The van der Waals surface area contributed by atoms with Gasteiger partial charge in [0.1, 0.15) is 0 Å². The molecule has 1 saturated heterocycles. The number of rotatable bonds is 4. The zero-order chi connectivity index (χ0) is 21.4. The molecule has 2 heterocycles. The van der Waals surface area contributed by atoms with Gasteiger partial charge in [-0.3, -0.25) is 9.78 Å². The average Bonchev–Trinajstić information content (AvgIpc) is 3.26. The van der Waals surface area contributed by atoms with Crippen LogP contribution in [0.5, 0.6) is 0 Å². The molecule has 0 radical (unpaired) electrons. The van der Waals surface area contributed by atoms with Gasteiger partial charge in [0.05, 0.1) is 29.2 Å². The van der Waals surface area contributed by atoms with Crippen molar-refractivity contribution in [2.45, 2.75) is 24.2 Å². The Kier molecular flexibility index (Phi) is 5.21. The van der Waals surface area contributed by atoms with Crippen molar-refractivity contribution in [2.24, 2.45) is 0 Å². The number of amides is 1. The number of sulfonamides is 1. The second-order valence-electron chi connectivity index (χ2n) is 7.78. The highest BCUT2D eigenvalue weighted by Crippen LogP contribution is 2.30. The highest BCUT2D eigenvalue weighted by Gasteiger charge is 2.27. The Morgan fingerprint density at radius 3 is 2.52 bits per heavy atom. The van der Waals surface area contributed by atoms with Crippen LogP contribution in [0.2, 0.25) is 0 Å². The van der Waals surface area contributed by atoms with Crippen LogP contribution in [-0.2, 0) is 27.6 Å². The fraction of sp³-hybridized carbons (Fsp3) is 0.304. The van der Waals surface area contributed by atoms with Crippen molar-refractivity contribution in [3.63, 3.8) is 0 Å². The van der Waals surface area contributed by atoms with E-state index in [4.69, 9.17) is 9.72 Å². The molecule has 2 aliphatic rings. The lowest BCUT2D eigenvalue weighted by atomic mass is 10.0. The maximum Gasteiger partial charge on any atom is 0.256 e. The summed E-state index contributed by atoms with van der Waals surface area (Å²) in [5, 5.41) is 3.78. The molecule has 0 spiro atoms. The van der Waals surface area contributed by atoms with Crippen LogP contribution in [0.25, 0.3) is 10.9 Å². The van der Waals surface area contributed by atoms with Gasteiger partial charge in [-0.1, -0.05) is 18.2 Å². The summed E-state index contributed by atoms with van der Waals surface area (Å²) in [6, 6.07) is 14.0. The number of nitrogens with one attached hydrogen (secondary N) is 1. The monoisotopic (exact) mass is 437 g/mol. The van der Waals surface area contributed by atoms with Crippen LogP contribution in [0.4, 0.5) is 5.69 Å². The lowest BCUT2D eigenvalue weighted by Crippen LogP contribution is -2.40. The van der Waals surface area contributed by atoms with Crippen molar-refractivity contribution in [3.8, 4) is 0 Å². The molecule has 0 unspecified atom stereocenters. The van der Waals surface area contributed by atoms with Crippen molar-refractivity contribution in [1.82, 2.24) is 9.29 Å². The largest absolute Gasteiger partial charge is 0.379 e. The van der Waals surface area contributed by atoms with Crippen molar-refractivity contribution >= 4 is 32.5 Å². The second-order valence-corrected chi connectivity index (χ2v) is 9.72. The Hall–Kier alpha value is -2.81. The van der Waals surface area contributed by atoms with Gasteiger partial charge in [0.15, 0.2) is 0 Å². The molecule has 1 aromatic heterocycles. The molecule has 1 fully saturated rings. The molecule has 0 saturated carbocycles. The van der Waals surface area contributed by atoms with E-state index < -0.39 is 10.0 Å². The number of para-hydroxylation sites is 1. The Morgan fingerprint density at radius 2 is 1.74 bits per heavy atom. The molecule has 1 aliphatic carbocycles. The molecule has 0 bridgehead atoms. The minimum atomic E-state index is -3.56. The highest BCUT2D eigenvalue weighted by atomic mass is 32.2. The predicted octanol–water partition coefficient (Wildman–Crippen LogP) is 3.00. The molecule has 160 valence electrons. The van der Waals surface area contributed by atoms with Gasteiger partial charge in [-0.15, -0.1) is 0 Å². The first kappa shape index (κ1) is 20.1. The van der Waals surface area contributed by atoms with Crippen LogP contribution in [0.1, 0.15) is 28.0 Å². The SMILES string of the molecule is O=C(Nc1ccc(S(=O)(=O)N2CCOCC2)cc1)c1c2c(nc3ccccc13)CCC2. The molecule has 1 amide bonds. The molecule has 31 heavy (non-hydrogen) atoms. The second kappa shape index (κ2) is 8.03. The van der Waals surface area contributed by atoms with Gasteiger partial charge in [-0.2, -0.15) is 4.31 Å². The number of ether oxygens (including phenoxy) is 1. The first-order chi connectivity index (χ1) is 15.0. The van der Waals surface area contributed by atoms with E-state index in [1.165, 1.54) is 16.4 Å². The summed E-state index contributed by atoms with van der Waals surface area (Å²) < 4.78 is 32.3. The lowest BCUT2D eigenvalue weighted by Gasteiger charge is -2.26. The van der Waals surface area contributed by atoms with Crippen molar-refractivity contribution in [2.75, 3.05) is 31.6 Å². The molecule has 5 rings (SSSR count). The Bertz CT molecular complexity index is 1250. The van der Waals surface area contributed by atoms with E-state index in [2.05, 4.69) is 5.32 Å². The lowest BCUT2D eigenvalue weighted by molar-refractivity contribution is 0.0730. The zero-order valence-electron chi connectivity index (χ0n) is 17.0. The third kappa shape index (κ3) is 3.71. The molecule has 1 aliphatic heterocycles. The topological polar surface area (TPSA) is 88.6 Å². The molecular formula is C23H23N3O4S. The number of nitrogens with zero attached hydrogens (tertiary/aromatic N) is 2. The molecule has 0 atom stereocenters. The average molecular weight is 438 g/mol. The Morgan fingerprint density at radius 1 is 1.00 bits per heavy atom. The van der Waals surface area contributed by atoms with E-state index in [1.54, 1.807) is 12.1 Å². The molecule has 2 aromatic carbocycles. The van der Waals surface area contributed by atoms with Crippen LogP contribution in [-0.4, -0.2) is 49.9 Å². The van der Waals surface area contributed by atoms with Gasteiger partial charge in [0.25, 0.3) is 5.91 Å². The fourth-order valence-corrected chi connectivity index (χ4v) is 5.72. The number of anilines is 1. The fourth-order valence-electron chi connectivity index (χ4n) is 4.31. The van der Waals surface area contributed by atoms with Crippen molar-refractivity contribution < 1.29 is 17.9 Å². The number of hydrogen-bond acceptors (Lipinski definition) is 5. The normalized spacial score (nSPS) is 16.9. The van der Waals surface area contributed by atoms with Crippen LogP contribution < -0.4 is 5.32 Å². The summed E-state index contributed by atoms with van der Waals surface area (Å²) in [7, 11) is -3.56. The van der Waals surface area contributed by atoms with Gasteiger partial charge in [-0.05, 0) is 55.2 Å². The number of benzene rings is 2. The highest BCUT2D eigenvalue weighted by molar-refractivity contribution is 7.89. The van der Waals surface area contributed by atoms with Gasteiger partial charge < -0.3 is 10.1 Å². The van der Waals surface area contributed by atoms with Gasteiger partial charge in [-0.25, -0.2) is 8.42 Å². The van der Waals surface area contributed by atoms with E-state index in [0.29, 0.717) is 37.6 Å². The van der Waals surface area contributed by atoms with E-state index in [9.17, 15) is 13.2 Å². The quantitative estimate of drug-likeness (QED) is 0.678. The summed E-state index contributed by atoms with van der Waals surface area (Å²) in [6.07, 6.45) is 2.72. The molecular weight excluding hydrogens is 414 g/mol. The number of carbonyl (C=O) groups excluding carboxylic acids is 1. The number of aromatic nitrogens is 1. The van der Waals surface area contributed by atoms with E-state index in [1.807, 2.05) is 24.3 Å². The number of carbonyl (C=O) groups is 1. The molecule has 7 nitrogen and oxygen atoms in total. The van der Waals surface area contributed by atoms with Gasteiger partial charge in [0.2, 0.25) is 10.0 Å². The smallest absolute Gasteiger partial charge is 0.256 e. The van der Waals surface area contributed by atoms with Gasteiger partial charge in [0, 0.05) is 29.9 Å². The molecule has 1 N–H and O–H groups in total. The van der Waals surface area contributed by atoms with Gasteiger partial charge >= 0.3 is 0 Å². The number of aryl methyl sites for hydroxylation is 1. The van der Waals surface area contributed by atoms with E-state index in [-0.39, 0.29) is 10.8 Å². The number of fused-ring (bicyclic) bond motifs is 2. The number of morpholine rings is 1. The summed E-state index contributed by atoms with van der Waals surface area (Å²) >= 11 is 0. The van der Waals surface area contributed by atoms with Crippen LogP contribution in [0, 0.1) is 0 Å². The summed E-state index contributed by atoms with van der Waals surface area (Å²) in [6.45, 7) is 1.50. The number of pyridine rings is 1. The van der Waals surface area contributed by atoms with Crippen molar-refractivity contribution in [3.05, 3.63) is 65.4 Å².